The molecule has 5 heteroatoms. The third kappa shape index (κ3) is 2.92. The zero-order valence-corrected chi connectivity index (χ0v) is 12.9. The van der Waals surface area contributed by atoms with Crippen LogP contribution in [0.15, 0.2) is 6.07 Å². The molecular weight excluding hydrogens is 256 g/mol. The fourth-order valence-corrected chi connectivity index (χ4v) is 3.13. The van der Waals surface area contributed by atoms with Gasteiger partial charge in [-0.15, -0.1) is 11.3 Å². The molecule has 0 aliphatic heterocycles. The quantitative estimate of drug-likeness (QED) is 0.882. The normalized spacial score (nSPS) is 10.9. The number of rotatable bonds is 5. The van der Waals surface area contributed by atoms with Crippen molar-refractivity contribution in [3.63, 3.8) is 0 Å². The summed E-state index contributed by atoms with van der Waals surface area (Å²) in [5.41, 5.74) is 9.28. The van der Waals surface area contributed by atoms with E-state index in [9.17, 15) is 0 Å². The maximum absolute atomic E-state index is 6.15. The van der Waals surface area contributed by atoms with Gasteiger partial charge in [-0.2, -0.15) is 5.10 Å². The van der Waals surface area contributed by atoms with E-state index in [-0.39, 0.29) is 0 Å². The SMILES string of the molecule is CCCc1nn(C)c(NCc2cc(C)c(C)s2)c1N. The first kappa shape index (κ1) is 13.9. The molecule has 0 bridgehead atoms. The number of aryl methyl sites for hydroxylation is 4. The van der Waals surface area contributed by atoms with Crippen LogP contribution in [0.25, 0.3) is 0 Å². The van der Waals surface area contributed by atoms with Crippen LogP contribution in [0.3, 0.4) is 0 Å². The molecule has 3 N–H and O–H groups in total. The number of hydrogen-bond donors (Lipinski definition) is 2. The van der Waals surface area contributed by atoms with Crippen LogP contribution in [0.5, 0.6) is 0 Å². The summed E-state index contributed by atoms with van der Waals surface area (Å²) < 4.78 is 1.84. The monoisotopic (exact) mass is 278 g/mol. The minimum Gasteiger partial charge on any atom is -0.394 e. The van der Waals surface area contributed by atoms with Gasteiger partial charge < -0.3 is 11.1 Å². The molecule has 0 unspecified atom stereocenters. The van der Waals surface area contributed by atoms with Gasteiger partial charge in [-0.3, -0.25) is 4.68 Å². The summed E-state index contributed by atoms with van der Waals surface area (Å²) >= 11 is 1.83. The van der Waals surface area contributed by atoms with E-state index in [4.69, 9.17) is 5.73 Å². The molecule has 104 valence electrons. The molecule has 2 aromatic heterocycles. The highest BCUT2D eigenvalue weighted by molar-refractivity contribution is 7.12. The number of anilines is 2. The van der Waals surface area contributed by atoms with Crippen molar-refractivity contribution in [3.05, 3.63) is 27.1 Å². The Morgan fingerprint density at radius 1 is 1.42 bits per heavy atom. The molecule has 2 rings (SSSR count). The van der Waals surface area contributed by atoms with Crippen LogP contribution in [0.2, 0.25) is 0 Å². The average molecular weight is 278 g/mol. The number of aromatic nitrogens is 2. The smallest absolute Gasteiger partial charge is 0.148 e. The highest BCUT2D eigenvalue weighted by Gasteiger charge is 2.12. The molecule has 0 spiro atoms. The predicted molar refractivity (Wildman–Crippen MR) is 82.7 cm³/mol. The lowest BCUT2D eigenvalue weighted by Gasteiger charge is -2.06. The second-order valence-corrected chi connectivity index (χ2v) is 6.23. The van der Waals surface area contributed by atoms with Crippen molar-refractivity contribution in [2.24, 2.45) is 7.05 Å². The highest BCUT2D eigenvalue weighted by Crippen LogP contribution is 2.26. The Kier molecular flexibility index (Phi) is 4.14. The number of thiophene rings is 1. The molecule has 2 aromatic rings. The maximum atomic E-state index is 6.15. The Bertz CT molecular complexity index is 549. The zero-order valence-electron chi connectivity index (χ0n) is 12.1. The summed E-state index contributed by atoms with van der Waals surface area (Å²) in [5, 5.41) is 7.87. The average Bonchev–Trinajstić information content (AvgIpc) is 2.80. The molecule has 0 fully saturated rings. The van der Waals surface area contributed by atoms with E-state index < -0.39 is 0 Å². The van der Waals surface area contributed by atoms with Crippen LogP contribution < -0.4 is 11.1 Å². The lowest BCUT2D eigenvalue weighted by Crippen LogP contribution is -2.05. The molecule has 0 aromatic carbocycles. The van der Waals surface area contributed by atoms with Gasteiger partial charge in [0.2, 0.25) is 0 Å². The van der Waals surface area contributed by atoms with E-state index in [1.165, 1.54) is 15.3 Å². The van der Waals surface area contributed by atoms with E-state index in [1.54, 1.807) is 0 Å². The number of nitrogens with zero attached hydrogens (tertiary/aromatic N) is 2. The molecule has 0 radical (unpaired) electrons. The van der Waals surface area contributed by atoms with Crippen LogP contribution >= 0.6 is 11.3 Å². The highest BCUT2D eigenvalue weighted by atomic mass is 32.1. The number of nitrogens with one attached hydrogen (secondary N) is 1. The van der Waals surface area contributed by atoms with Crippen LogP contribution in [0, 0.1) is 13.8 Å². The van der Waals surface area contributed by atoms with Gasteiger partial charge >= 0.3 is 0 Å². The van der Waals surface area contributed by atoms with Crippen molar-refractivity contribution < 1.29 is 0 Å². The van der Waals surface area contributed by atoms with Crippen molar-refractivity contribution in [1.82, 2.24) is 9.78 Å². The van der Waals surface area contributed by atoms with Crippen molar-refractivity contribution >= 4 is 22.8 Å². The summed E-state index contributed by atoms with van der Waals surface area (Å²) in [6, 6.07) is 2.23. The maximum Gasteiger partial charge on any atom is 0.148 e. The van der Waals surface area contributed by atoms with Crippen LogP contribution in [-0.4, -0.2) is 9.78 Å². The fourth-order valence-electron chi connectivity index (χ4n) is 2.13. The first-order valence-corrected chi connectivity index (χ1v) is 7.45. The Morgan fingerprint density at radius 2 is 2.16 bits per heavy atom. The Balaban J connectivity index is 2.11. The Morgan fingerprint density at radius 3 is 2.74 bits per heavy atom. The minimum absolute atomic E-state index is 0.786. The van der Waals surface area contributed by atoms with Crippen molar-refractivity contribution in [2.75, 3.05) is 11.1 Å². The largest absolute Gasteiger partial charge is 0.394 e. The standard InChI is InChI=1S/C14H22N4S/c1-5-6-12-13(15)14(18(4)17-12)16-8-11-7-9(2)10(3)19-11/h7,16H,5-6,8,15H2,1-4H3. The number of nitrogens with two attached hydrogens (primary N) is 1. The topological polar surface area (TPSA) is 55.9 Å². The van der Waals surface area contributed by atoms with E-state index in [1.807, 2.05) is 23.1 Å². The van der Waals surface area contributed by atoms with Crippen molar-refractivity contribution in [3.8, 4) is 0 Å². The molecule has 0 aliphatic rings. The second-order valence-electron chi connectivity index (χ2n) is 4.89. The van der Waals surface area contributed by atoms with Gasteiger partial charge in [0.15, 0.2) is 0 Å². The summed E-state index contributed by atoms with van der Waals surface area (Å²) in [6.45, 7) is 7.24. The van der Waals surface area contributed by atoms with Gasteiger partial charge in [0.25, 0.3) is 0 Å². The zero-order chi connectivity index (χ0) is 14.0. The van der Waals surface area contributed by atoms with E-state index in [0.717, 1.165) is 36.6 Å². The fraction of sp³-hybridized carbons (Fsp3) is 0.500. The van der Waals surface area contributed by atoms with E-state index in [0.29, 0.717) is 0 Å². The molecule has 0 aliphatic carbocycles. The predicted octanol–water partition coefficient (Wildman–Crippen LogP) is 3.25. The molecular formula is C14H22N4S. The van der Waals surface area contributed by atoms with Crippen LogP contribution in [0.1, 0.15) is 34.4 Å². The lowest BCUT2D eigenvalue weighted by molar-refractivity contribution is 0.735. The first-order chi connectivity index (χ1) is 9.02. The summed E-state index contributed by atoms with van der Waals surface area (Å²) in [4.78, 5) is 2.70. The van der Waals surface area contributed by atoms with Gasteiger partial charge in [0, 0.05) is 16.8 Å². The lowest BCUT2D eigenvalue weighted by atomic mass is 10.2. The minimum atomic E-state index is 0.786. The molecule has 0 saturated carbocycles. The molecule has 2 heterocycles. The van der Waals surface area contributed by atoms with Gasteiger partial charge in [-0.1, -0.05) is 13.3 Å². The number of nitrogen functional groups attached to an aromatic ring is 1. The third-order valence-electron chi connectivity index (χ3n) is 3.29. The van der Waals surface area contributed by atoms with Gasteiger partial charge in [-0.25, -0.2) is 0 Å². The van der Waals surface area contributed by atoms with Gasteiger partial charge in [0.1, 0.15) is 5.82 Å². The molecule has 19 heavy (non-hydrogen) atoms. The van der Waals surface area contributed by atoms with Crippen molar-refractivity contribution in [2.45, 2.75) is 40.2 Å². The van der Waals surface area contributed by atoms with Crippen molar-refractivity contribution in [1.29, 1.82) is 0 Å². The van der Waals surface area contributed by atoms with Gasteiger partial charge in [0.05, 0.1) is 17.9 Å². The third-order valence-corrected chi connectivity index (χ3v) is 4.45. The van der Waals surface area contributed by atoms with Gasteiger partial charge in [-0.05, 0) is 31.9 Å². The Labute approximate surface area is 118 Å². The molecule has 0 amide bonds. The Hall–Kier alpha value is -1.49. The second kappa shape index (κ2) is 5.65. The van der Waals surface area contributed by atoms with E-state index >= 15 is 0 Å². The molecule has 4 nitrogen and oxygen atoms in total. The summed E-state index contributed by atoms with van der Waals surface area (Å²) in [7, 11) is 1.93. The summed E-state index contributed by atoms with van der Waals surface area (Å²) in [5.74, 6) is 0.923. The first-order valence-electron chi connectivity index (χ1n) is 6.64. The summed E-state index contributed by atoms with van der Waals surface area (Å²) in [6.07, 6.45) is 1.99. The number of hydrogen-bond acceptors (Lipinski definition) is 4. The molecule has 0 atom stereocenters. The van der Waals surface area contributed by atoms with Crippen LogP contribution in [0.4, 0.5) is 11.5 Å². The van der Waals surface area contributed by atoms with Crippen LogP contribution in [-0.2, 0) is 20.0 Å². The van der Waals surface area contributed by atoms with E-state index in [2.05, 4.69) is 37.3 Å². The molecule has 0 saturated heterocycles.